The number of fused-ring (bicyclic) bond motifs is 1. The summed E-state index contributed by atoms with van der Waals surface area (Å²) < 4.78 is 10.6. The zero-order chi connectivity index (χ0) is 19.2. The van der Waals surface area contributed by atoms with E-state index >= 15 is 0 Å². The monoisotopic (exact) mass is 376 g/mol. The van der Waals surface area contributed by atoms with Gasteiger partial charge in [0.1, 0.15) is 11.5 Å². The molecule has 0 radical (unpaired) electrons. The van der Waals surface area contributed by atoms with Crippen molar-refractivity contribution < 1.29 is 14.3 Å². The molecule has 0 fully saturated rings. The van der Waals surface area contributed by atoms with Crippen LogP contribution in [0, 0.1) is 0 Å². The molecule has 1 aliphatic heterocycles. The van der Waals surface area contributed by atoms with Crippen LogP contribution in [0.15, 0.2) is 60.9 Å². The number of hydrogen-bond donors (Lipinski definition) is 2. The average Bonchev–Trinajstić information content (AvgIpc) is 3.20. The quantitative estimate of drug-likeness (QED) is 0.616. The fraction of sp³-hybridized carbons (Fsp3) is 0.190. The molecule has 4 rings (SSSR count). The van der Waals surface area contributed by atoms with Crippen LogP contribution in [-0.4, -0.2) is 29.2 Å². The summed E-state index contributed by atoms with van der Waals surface area (Å²) in [5.41, 5.74) is 2.35. The third-order valence-corrected chi connectivity index (χ3v) is 4.30. The Balaban J connectivity index is 1.27. The van der Waals surface area contributed by atoms with Crippen molar-refractivity contribution >= 4 is 17.4 Å². The first-order valence-electron chi connectivity index (χ1n) is 9.09. The highest BCUT2D eigenvalue weighted by Gasteiger charge is 2.13. The molecule has 0 atom stereocenters. The van der Waals surface area contributed by atoms with Crippen LogP contribution in [0.1, 0.15) is 22.5 Å². The van der Waals surface area contributed by atoms with E-state index in [0.717, 1.165) is 24.3 Å². The highest BCUT2D eigenvalue weighted by atomic mass is 16.7. The lowest BCUT2D eigenvalue weighted by atomic mass is 10.1. The molecule has 142 valence electrons. The number of benzene rings is 2. The van der Waals surface area contributed by atoms with E-state index in [-0.39, 0.29) is 18.4 Å². The van der Waals surface area contributed by atoms with Gasteiger partial charge in [0, 0.05) is 18.3 Å². The maximum atomic E-state index is 12.2. The van der Waals surface area contributed by atoms with Crippen LogP contribution in [0.3, 0.4) is 0 Å². The maximum absolute atomic E-state index is 12.2. The topological polar surface area (TPSA) is 85.4 Å². The molecular weight excluding hydrogens is 356 g/mol. The number of aromatic nitrogens is 2. The lowest BCUT2D eigenvalue weighted by molar-refractivity contribution is 0.0948. The van der Waals surface area contributed by atoms with Crippen molar-refractivity contribution in [3.63, 3.8) is 0 Å². The number of anilines is 2. The van der Waals surface area contributed by atoms with Gasteiger partial charge in [0.2, 0.25) is 6.79 Å². The number of rotatable bonds is 7. The molecule has 0 saturated carbocycles. The summed E-state index contributed by atoms with van der Waals surface area (Å²) in [4.78, 5) is 20.6. The van der Waals surface area contributed by atoms with Gasteiger partial charge < -0.3 is 20.1 Å². The lowest BCUT2D eigenvalue weighted by Gasteiger charge is -2.07. The lowest BCUT2D eigenvalue weighted by Crippen LogP contribution is -2.25. The Hall–Kier alpha value is -3.61. The van der Waals surface area contributed by atoms with E-state index in [9.17, 15) is 4.79 Å². The Morgan fingerprint density at radius 1 is 1.00 bits per heavy atom. The third-order valence-electron chi connectivity index (χ3n) is 4.30. The summed E-state index contributed by atoms with van der Waals surface area (Å²) in [7, 11) is 0. The SMILES string of the molecule is O=C(NCCCc1ccccc1)c1cnc(Nc2ccc3c(c2)OCO3)cn1. The minimum atomic E-state index is -0.227. The Morgan fingerprint density at radius 3 is 2.68 bits per heavy atom. The number of carbonyl (C=O) groups excluding carboxylic acids is 1. The third kappa shape index (κ3) is 4.37. The Labute approximate surface area is 162 Å². The van der Waals surface area contributed by atoms with E-state index in [0.29, 0.717) is 18.1 Å². The molecule has 7 nitrogen and oxygen atoms in total. The summed E-state index contributed by atoms with van der Waals surface area (Å²) in [6, 6.07) is 15.7. The van der Waals surface area contributed by atoms with Gasteiger partial charge in [-0.1, -0.05) is 30.3 Å². The first-order chi connectivity index (χ1) is 13.8. The molecule has 3 aromatic rings. The van der Waals surface area contributed by atoms with Crippen molar-refractivity contribution in [2.45, 2.75) is 12.8 Å². The Kier molecular flexibility index (Phi) is 5.33. The molecular formula is C21H20N4O3. The second kappa shape index (κ2) is 8.39. The zero-order valence-electron chi connectivity index (χ0n) is 15.2. The van der Waals surface area contributed by atoms with Gasteiger partial charge in [-0.25, -0.2) is 9.97 Å². The summed E-state index contributed by atoms with van der Waals surface area (Å²) in [6.45, 7) is 0.820. The van der Waals surface area contributed by atoms with Crippen molar-refractivity contribution in [2.75, 3.05) is 18.7 Å². The predicted molar refractivity (Wildman–Crippen MR) is 105 cm³/mol. The summed E-state index contributed by atoms with van der Waals surface area (Å²) in [5, 5.41) is 6.00. The minimum absolute atomic E-state index is 0.227. The fourth-order valence-corrected chi connectivity index (χ4v) is 2.86. The number of hydrogen-bond acceptors (Lipinski definition) is 6. The molecule has 2 N–H and O–H groups in total. The number of ether oxygens (including phenoxy) is 2. The van der Waals surface area contributed by atoms with Crippen molar-refractivity contribution in [2.24, 2.45) is 0 Å². The highest BCUT2D eigenvalue weighted by molar-refractivity contribution is 5.92. The van der Waals surface area contributed by atoms with Gasteiger partial charge in [-0.2, -0.15) is 0 Å². The van der Waals surface area contributed by atoms with Gasteiger partial charge in [-0.15, -0.1) is 0 Å². The molecule has 0 unspecified atom stereocenters. The molecule has 28 heavy (non-hydrogen) atoms. The molecule has 7 heteroatoms. The number of aryl methyl sites for hydroxylation is 1. The number of carbonyl (C=O) groups is 1. The van der Waals surface area contributed by atoms with Crippen LogP contribution in [-0.2, 0) is 6.42 Å². The molecule has 1 aromatic heterocycles. The average molecular weight is 376 g/mol. The van der Waals surface area contributed by atoms with E-state index in [4.69, 9.17) is 9.47 Å². The zero-order valence-corrected chi connectivity index (χ0v) is 15.2. The van der Waals surface area contributed by atoms with Crippen molar-refractivity contribution in [3.05, 3.63) is 72.2 Å². The smallest absolute Gasteiger partial charge is 0.271 e. The maximum Gasteiger partial charge on any atom is 0.271 e. The molecule has 0 bridgehead atoms. The highest BCUT2D eigenvalue weighted by Crippen LogP contribution is 2.34. The van der Waals surface area contributed by atoms with E-state index in [1.54, 1.807) is 0 Å². The van der Waals surface area contributed by atoms with E-state index in [2.05, 4.69) is 32.7 Å². The van der Waals surface area contributed by atoms with Crippen LogP contribution >= 0.6 is 0 Å². The summed E-state index contributed by atoms with van der Waals surface area (Å²) >= 11 is 0. The van der Waals surface area contributed by atoms with Gasteiger partial charge in [0.25, 0.3) is 5.91 Å². The van der Waals surface area contributed by atoms with Crippen molar-refractivity contribution in [3.8, 4) is 11.5 Å². The molecule has 2 aromatic carbocycles. The largest absolute Gasteiger partial charge is 0.454 e. The molecule has 1 amide bonds. The van der Waals surface area contributed by atoms with Crippen molar-refractivity contribution in [1.29, 1.82) is 0 Å². The van der Waals surface area contributed by atoms with Gasteiger partial charge in [-0.3, -0.25) is 4.79 Å². The van der Waals surface area contributed by atoms with E-state index in [1.165, 1.54) is 18.0 Å². The molecule has 1 aliphatic rings. The number of amides is 1. The second-order valence-electron chi connectivity index (χ2n) is 6.32. The standard InChI is InChI=1S/C21H20N4O3/c26-21(22-10-4-7-15-5-2-1-3-6-15)17-12-24-20(13-23-17)25-16-8-9-18-19(11-16)28-14-27-18/h1-3,5-6,8-9,11-13H,4,7,10,14H2,(H,22,26)(H,24,25). The number of nitrogens with one attached hydrogen (secondary N) is 2. The van der Waals surface area contributed by atoms with E-state index in [1.807, 2.05) is 36.4 Å². The molecule has 2 heterocycles. The van der Waals surface area contributed by atoms with Gasteiger partial charge >= 0.3 is 0 Å². The number of nitrogens with zero attached hydrogens (tertiary/aromatic N) is 2. The molecule has 0 aliphatic carbocycles. The molecule has 0 spiro atoms. The summed E-state index contributed by atoms with van der Waals surface area (Å²) in [5.74, 6) is 1.72. The van der Waals surface area contributed by atoms with Crippen molar-refractivity contribution in [1.82, 2.24) is 15.3 Å². The van der Waals surface area contributed by atoms with Crippen LogP contribution < -0.4 is 20.1 Å². The Bertz CT molecular complexity index is 946. The molecule has 0 saturated heterocycles. The Morgan fingerprint density at radius 2 is 1.86 bits per heavy atom. The van der Waals surface area contributed by atoms with Gasteiger partial charge in [-0.05, 0) is 30.5 Å². The van der Waals surface area contributed by atoms with Crippen LogP contribution in [0.2, 0.25) is 0 Å². The van der Waals surface area contributed by atoms with Gasteiger partial charge in [0.05, 0.1) is 12.4 Å². The fourth-order valence-electron chi connectivity index (χ4n) is 2.86. The normalized spacial score (nSPS) is 11.9. The van der Waals surface area contributed by atoms with Crippen LogP contribution in [0.25, 0.3) is 0 Å². The van der Waals surface area contributed by atoms with E-state index < -0.39 is 0 Å². The predicted octanol–water partition coefficient (Wildman–Crippen LogP) is 3.31. The van der Waals surface area contributed by atoms with Gasteiger partial charge in [0.15, 0.2) is 11.5 Å². The van der Waals surface area contributed by atoms with Crippen LogP contribution in [0.5, 0.6) is 11.5 Å². The summed E-state index contributed by atoms with van der Waals surface area (Å²) in [6.07, 6.45) is 4.78. The first-order valence-corrected chi connectivity index (χ1v) is 9.09. The minimum Gasteiger partial charge on any atom is -0.454 e. The second-order valence-corrected chi connectivity index (χ2v) is 6.32. The van der Waals surface area contributed by atoms with Crippen LogP contribution in [0.4, 0.5) is 11.5 Å². The first kappa shape index (κ1) is 17.8.